The average Bonchev–Trinajstić information content (AvgIpc) is 3.14. The number of nitrogens with zero attached hydrogens (tertiary/aromatic N) is 2. The maximum atomic E-state index is 6.11. The van der Waals surface area contributed by atoms with Crippen molar-refractivity contribution < 1.29 is 0 Å². The Morgan fingerprint density at radius 1 is 1.12 bits per heavy atom. The molecule has 1 unspecified atom stereocenters. The van der Waals surface area contributed by atoms with Gasteiger partial charge in [-0.1, -0.05) is 30.3 Å². The minimum absolute atomic E-state index is 0.182. The van der Waals surface area contributed by atoms with Gasteiger partial charge >= 0.3 is 0 Å². The van der Waals surface area contributed by atoms with E-state index in [1.807, 2.05) is 18.2 Å². The quantitative estimate of drug-likeness (QED) is 0.603. The van der Waals surface area contributed by atoms with Crippen molar-refractivity contribution in [1.82, 2.24) is 14.5 Å². The molecule has 2 aromatic carbocycles. The molecule has 4 rings (SSSR count). The lowest BCUT2D eigenvalue weighted by Crippen LogP contribution is -2.16. The first kappa shape index (κ1) is 15.0. The normalized spacial score (nSPS) is 13.0. The van der Waals surface area contributed by atoms with Gasteiger partial charge in [0.05, 0.1) is 11.0 Å². The van der Waals surface area contributed by atoms with Gasteiger partial charge in [-0.3, -0.25) is 0 Å². The fourth-order valence-electron chi connectivity index (χ4n) is 3.56. The third-order valence-electron chi connectivity index (χ3n) is 5.06. The molecule has 0 spiro atoms. The summed E-state index contributed by atoms with van der Waals surface area (Å²) in [7, 11) is 2.12. The van der Waals surface area contributed by atoms with Gasteiger partial charge in [-0.05, 0) is 37.1 Å². The smallest absolute Gasteiger partial charge is 0.111 e. The molecule has 4 heteroatoms. The van der Waals surface area contributed by atoms with Crippen LogP contribution in [0.25, 0.3) is 21.9 Å². The van der Waals surface area contributed by atoms with E-state index in [9.17, 15) is 0 Å². The Kier molecular flexibility index (Phi) is 3.62. The Balaban J connectivity index is 1.76. The van der Waals surface area contributed by atoms with Crippen molar-refractivity contribution in [3.63, 3.8) is 0 Å². The molecule has 4 nitrogen and oxygen atoms in total. The number of imidazole rings is 1. The van der Waals surface area contributed by atoms with Gasteiger partial charge in [0.15, 0.2) is 0 Å². The van der Waals surface area contributed by atoms with Crippen LogP contribution in [0.15, 0.2) is 48.5 Å². The number of para-hydroxylation sites is 3. The first-order valence-electron chi connectivity index (χ1n) is 8.36. The number of hydrogen-bond donors (Lipinski definition) is 2. The van der Waals surface area contributed by atoms with Crippen LogP contribution in [0, 0.1) is 6.92 Å². The second kappa shape index (κ2) is 5.80. The maximum Gasteiger partial charge on any atom is 0.111 e. The highest BCUT2D eigenvalue weighted by Crippen LogP contribution is 2.29. The molecule has 0 bridgehead atoms. The minimum atomic E-state index is 0.182. The van der Waals surface area contributed by atoms with Crippen LogP contribution in [0.1, 0.15) is 23.0 Å². The predicted molar refractivity (Wildman–Crippen MR) is 99.2 cm³/mol. The van der Waals surface area contributed by atoms with E-state index in [4.69, 9.17) is 10.7 Å². The van der Waals surface area contributed by atoms with E-state index < -0.39 is 0 Å². The van der Waals surface area contributed by atoms with Gasteiger partial charge in [0.1, 0.15) is 5.82 Å². The molecule has 0 aliphatic heterocycles. The van der Waals surface area contributed by atoms with E-state index in [1.54, 1.807) is 0 Å². The summed E-state index contributed by atoms with van der Waals surface area (Å²) in [5.41, 5.74) is 12.1. The second-order valence-corrected chi connectivity index (χ2v) is 6.42. The average molecular weight is 318 g/mol. The number of aromatic nitrogens is 3. The van der Waals surface area contributed by atoms with Gasteiger partial charge < -0.3 is 15.3 Å². The van der Waals surface area contributed by atoms with Crippen molar-refractivity contribution in [2.45, 2.75) is 19.3 Å². The van der Waals surface area contributed by atoms with E-state index in [-0.39, 0.29) is 5.92 Å². The summed E-state index contributed by atoms with van der Waals surface area (Å²) in [6, 6.07) is 16.7. The summed E-state index contributed by atoms with van der Waals surface area (Å²) in [5, 5.41) is 1.31. The number of H-pyrrole nitrogens is 1. The van der Waals surface area contributed by atoms with Gasteiger partial charge in [0.2, 0.25) is 0 Å². The summed E-state index contributed by atoms with van der Waals surface area (Å²) < 4.78 is 2.26. The standard InChI is InChI=1S/C20H22N4/c1-13-16(15-7-3-6-10-19(15)24(13)2)11-14(12-21)20-22-17-8-4-5-9-18(17)23-20/h3-10,14H,11-12,21H2,1-2H3,(H,22,23). The molecular formula is C20H22N4. The summed E-state index contributed by atoms with van der Waals surface area (Å²) in [5.74, 6) is 1.16. The molecule has 0 amide bonds. The molecule has 2 heterocycles. The summed E-state index contributed by atoms with van der Waals surface area (Å²) >= 11 is 0. The number of nitrogens with one attached hydrogen (secondary N) is 1. The molecule has 3 N–H and O–H groups in total. The molecule has 4 aromatic rings. The Morgan fingerprint density at radius 2 is 1.88 bits per heavy atom. The van der Waals surface area contributed by atoms with E-state index in [2.05, 4.69) is 53.9 Å². The Morgan fingerprint density at radius 3 is 2.67 bits per heavy atom. The van der Waals surface area contributed by atoms with Crippen molar-refractivity contribution in [2.24, 2.45) is 12.8 Å². The zero-order valence-electron chi connectivity index (χ0n) is 14.1. The van der Waals surface area contributed by atoms with Crippen LogP contribution >= 0.6 is 0 Å². The molecular weight excluding hydrogens is 296 g/mol. The lowest BCUT2D eigenvalue weighted by molar-refractivity contribution is 0.656. The number of benzene rings is 2. The first-order chi connectivity index (χ1) is 11.7. The zero-order chi connectivity index (χ0) is 16.7. The monoisotopic (exact) mass is 318 g/mol. The van der Waals surface area contributed by atoms with Gasteiger partial charge in [0.25, 0.3) is 0 Å². The van der Waals surface area contributed by atoms with Gasteiger partial charge in [-0.2, -0.15) is 0 Å². The third kappa shape index (κ3) is 2.31. The molecule has 0 saturated carbocycles. The largest absolute Gasteiger partial charge is 0.348 e. The van der Waals surface area contributed by atoms with Crippen LogP contribution in [0.2, 0.25) is 0 Å². The number of rotatable bonds is 4. The SMILES string of the molecule is Cc1c(CC(CN)c2nc3ccccc3[nH]2)c2ccccc2n1C. The fourth-order valence-corrected chi connectivity index (χ4v) is 3.56. The maximum absolute atomic E-state index is 6.11. The van der Waals surface area contributed by atoms with Crippen LogP contribution in [0.4, 0.5) is 0 Å². The van der Waals surface area contributed by atoms with Crippen LogP contribution < -0.4 is 5.73 Å². The van der Waals surface area contributed by atoms with Gasteiger partial charge in [0, 0.05) is 36.1 Å². The minimum Gasteiger partial charge on any atom is -0.348 e. The topological polar surface area (TPSA) is 59.6 Å². The number of nitrogens with two attached hydrogens (primary N) is 1. The summed E-state index contributed by atoms with van der Waals surface area (Å²) in [4.78, 5) is 8.20. The molecule has 0 saturated heterocycles. The molecule has 122 valence electrons. The summed E-state index contributed by atoms with van der Waals surface area (Å²) in [6.07, 6.45) is 0.892. The number of aromatic amines is 1. The molecule has 1 atom stereocenters. The van der Waals surface area contributed by atoms with Gasteiger partial charge in [-0.25, -0.2) is 4.98 Å². The van der Waals surface area contributed by atoms with Gasteiger partial charge in [-0.15, -0.1) is 0 Å². The van der Waals surface area contributed by atoms with E-state index >= 15 is 0 Å². The lowest BCUT2D eigenvalue weighted by Gasteiger charge is -2.12. The Labute approximate surface area is 141 Å². The molecule has 2 aromatic heterocycles. The Hall–Kier alpha value is -2.59. The summed E-state index contributed by atoms with van der Waals surface area (Å²) in [6.45, 7) is 2.75. The van der Waals surface area contributed by atoms with Crippen LogP contribution in [-0.4, -0.2) is 21.1 Å². The third-order valence-corrected chi connectivity index (χ3v) is 5.06. The van der Waals surface area contributed by atoms with Crippen LogP contribution in [0.5, 0.6) is 0 Å². The highest BCUT2D eigenvalue weighted by Gasteiger charge is 2.19. The highest BCUT2D eigenvalue weighted by molar-refractivity contribution is 5.85. The number of hydrogen-bond acceptors (Lipinski definition) is 2. The predicted octanol–water partition coefficient (Wildman–Crippen LogP) is 3.65. The van der Waals surface area contributed by atoms with Crippen molar-refractivity contribution >= 4 is 21.9 Å². The fraction of sp³-hybridized carbons (Fsp3) is 0.250. The molecule has 0 radical (unpaired) electrons. The van der Waals surface area contributed by atoms with Crippen LogP contribution in [-0.2, 0) is 13.5 Å². The number of aryl methyl sites for hydroxylation is 1. The molecule has 0 aliphatic rings. The first-order valence-corrected chi connectivity index (χ1v) is 8.36. The molecule has 0 fully saturated rings. The number of fused-ring (bicyclic) bond motifs is 2. The zero-order valence-corrected chi connectivity index (χ0v) is 14.1. The van der Waals surface area contributed by atoms with Crippen LogP contribution in [0.3, 0.4) is 0 Å². The second-order valence-electron chi connectivity index (χ2n) is 6.42. The van der Waals surface area contributed by atoms with E-state index in [0.717, 1.165) is 23.3 Å². The lowest BCUT2D eigenvalue weighted by atomic mass is 9.96. The van der Waals surface area contributed by atoms with Crippen molar-refractivity contribution in [2.75, 3.05) is 6.54 Å². The molecule has 0 aliphatic carbocycles. The van der Waals surface area contributed by atoms with E-state index in [1.165, 1.54) is 22.2 Å². The highest BCUT2D eigenvalue weighted by atomic mass is 15.0. The van der Waals surface area contributed by atoms with Crippen molar-refractivity contribution in [3.8, 4) is 0 Å². The Bertz CT molecular complexity index is 976. The van der Waals surface area contributed by atoms with Crippen molar-refractivity contribution in [3.05, 3.63) is 65.6 Å². The van der Waals surface area contributed by atoms with E-state index in [0.29, 0.717) is 6.54 Å². The molecule has 24 heavy (non-hydrogen) atoms. The van der Waals surface area contributed by atoms with Crippen molar-refractivity contribution in [1.29, 1.82) is 0 Å².